The Balaban J connectivity index is 1.63. The van der Waals surface area contributed by atoms with E-state index >= 15 is 0 Å². The maximum Gasteiger partial charge on any atom is 0.158 e. The highest BCUT2D eigenvalue weighted by Gasteiger charge is 2.39. The Morgan fingerprint density at radius 1 is 1.10 bits per heavy atom. The van der Waals surface area contributed by atoms with Crippen molar-refractivity contribution in [3.63, 3.8) is 0 Å². The van der Waals surface area contributed by atoms with Gasteiger partial charge in [0.2, 0.25) is 0 Å². The summed E-state index contributed by atoms with van der Waals surface area (Å²) in [6.45, 7) is 2.79. The van der Waals surface area contributed by atoms with Crippen molar-refractivity contribution in [2.24, 2.45) is 7.05 Å². The number of hydrogen-bond donors (Lipinski definition) is 0. The van der Waals surface area contributed by atoms with Crippen LogP contribution in [0.4, 0.5) is 0 Å². The minimum atomic E-state index is -1.32. The molecule has 5 nitrogen and oxygen atoms in total. The smallest absolute Gasteiger partial charge is 0.158 e. The summed E-state index contributed by atoms with van der Waals surface area (Å²) >= 11 is -1.32. The second kappa shape index (κ2) is 8.14. The lowest BCUT2D eigenvalue weighted by atomic mass is 9.71. The third kappa shape index (κ3) is 3.75. The standard InChI is InChI=1S/C23H24N2O3S/c1-17(26)23(11-14-28-15-12-23)19-4-3-5-21(16-19)29(27)20-8-6-18(7-9-20)22-10-13-24-25(22)2/h3-10,13,16H,11-12,14-15H2,1-2H3. The summed E-state index contributed by atoms with van der Waals surface area (Å²) < 4.78 is 20.5. The van der Waals surface area contributed by atoms with Gasteiger partial charge >= 0.3 is 0 Å². The van der Waals surface area contributed by atoms with Gasteiger partial charge in [-0.3, -0.25) is 9.48 Å². The SMILES string of the molecule is CC(=O)C1(c2cccc([S+]([O-])c3ccc(-c4ccnn4C)cc3)c2)CCOCC1. The van der Waals surface area contributed by atoms with Crippen molar-refractivity contribution in [3.8, 4) is 11.3 Å². The molecule has 0 bridgehead atoms. The molecule has 6 heteroatoms. The van der Waals surface area contributed by atoms with Crippen molar-refractivity contribution < 1.29 is 14.1 Å². The largest absolute Gasteiger partial charge is 0.606 e. The van der Waals surface area contributed by atoms with Crippen LogP contribution in [0.2, 0.25) is 0 Å². The molecular weight excluding hydrogens is 384 g/mol. The first kappa shape index (κ1) is 19.9. The van der Waals surface area contributed by atoms with Gasteiger partial charge in [-0.2, -0.15) is 5.10 Å². The molecule has 0 saturated carbocycles. The van der Waals surface area contributed by atoms with E-state index in [0.29, 0.717) is 31.0 Å². The maximum atomic E-state index is 13.2. The summed E-state index contributed by atoms with van der Waals surface area (Å²) in [5.74, 6) is 0.143. The van der Waals surface area contributed by atoms with Gasteiger partial charge in [0, 0.05) is 43.2 Å². The van der Waals surface area contributed by atoms with Crippen LogP contribution in [0.25, 0.3) is 11.3 Å². The molecule has 1 aromatic heterocycles. The summed E-state index contributed by atoms with van der Waals surface area (Å²) in [6.07, 6.45) is 3.09. The fourth-order valence-electron chi connectivity index (χ4n) is 4.02. The number of ketones is 1. The highest BCUT2D eigenvalue weighted by Crippen LogP contribution is 2.37. The molecule has 3 aromatic rings. The molecule has 1 atom stereocenters. The van der Waals surface area contributed by atoms with Crippen LogP contribution >= 0.6 is 0 Å². The van der Waals surface area contributed by atoms with Gasteiger partial charge in [0.05, 0.1) is 11.1 Å². The zero-order chi connectivity index (χ0) is 20.4. The van der Waals surface area contributed by atoms with Crippen LogP contribution < -0.4 is 0 Å². The first-order valence-electron chi connectivity index (χ1n) is 9.71. The molecule has 1 fully saturated rings. The molecule has 1 saturated heterocycles. The number of benzene rings is 2. The van der Waals surface area contributed by atoms with Crippen molar-refractivity contribution in [3.05, 3.63) is 66.4 Å². The number of ether oxygens (including phenoxy) is 1. The number of hydrogen-bond acceptors (Lipinski definition) is 4. The lowest BCUT2D eigenvalue weighted by Gasteiger charge is -2.35. The van der Waals surface area contributed by atoms with E-state index in [1.54, 1.807) is 13.1 Å². The summed E-state index contributed by atoms with van der Waals surface area (Å²) in [5, 5.41) is 4.19. The van der Waals surface area contributed by atoms with Crippen LogP contribution in [0.15, 0.2) is 70.6 Å². The maximum absolute atomic E-state index is 13.2. The molecule has 29 heavy (non-hydrogen) atoms. The van der Waals surface area contributed by atoms with Gasteiger partial charge < -0.3 is 9.29 Å². The Kier molecular flexibility index (Phi) is 5.58. The van der Waals surface area contributed by atoms with E-state index in [9.17, 15) is 9.35 Å². The Hall–Kier alpha value is -2.41. The van der Waals surface area contributed by atoms with Crippen molar-refractivity contribution in [2.75, 3.05) is 13.2 Å². The summed E-state index contributed by atoms with van der Waals surface area (Å²) in [6, 6.07) is 17.3. The molecule has 2 aromatic carbocycles. The fourth-order valence-corrected chi connectivity index (χ4v) is 5.11. The molecule has 4 rings (SSSR count). The van der Waals surface area contributed by atoms with Crippen LogP contribution in [-0.2, 0) is 33.2 Å². The number of aromatic nitrogens is 2. The molecule has 1 aliphatic heterocycles. The number of Topliss-reactive ketones (excluding diaryl/α,β-unsaturated/α-hetero) is 1. The average molecular weight is 409 g/mol. The zero-order valence-corrected chi connectivity index (χ0v) is 17.4. The molecule has 0 spiro atoms. The number of aryl methyl sites for hydroxylation is 1. The van der Waals surface area contributed by atoms with Crippen LogP contribution in [-0.4, -0.2) is 33.3 Å². The molecule has 1 aliphatic rings. The Labute approximate surface area is 173 Å². The first-order valence-corrected chi connectivity index (χ1v) is 10.9. The number of carbonyl (C=O) groups is 1. The van der Waals surface area contributed by atoms with Gasteiger partial charge in [0.15, 0.2) is 9.79 Å². The molecule has 1 unspecified atom stereocenters. The minimum absolute atomic E-state index is 0.143. The van der Waals surface area contributed by atoms with Crippen molar-refractivity contribution in [1.82, 2.24) is 9.78 Å². The first-order chi connectivity index (χ1) is 14.0. The van der Waals surface area contributed by atoms with E-state index in [-0.39, 0.29) is 5.78 Å². The minimum Gasteiger partial charge on any atom is -0.606 e. The third-order valence-corrected chi connectivity index (χ3v) is 7.19. The molecule has 0 aliphatic carbocycles. The van der Waals surface area contributed by atoms with Crippen molar-refractivity contribution >= 4 is 17.0 Å². The summed E-state index contributed by atoms with van der Waals surface area (Å²) in [7, 11) is 1.90. The van der Waals surface area contributed by atoms with Gasteiger partial charge in [0.1, 0.15) is 5.78 Å². The van der Waals surface area contributed by atoms with Crippen LogP contribution in [0.3, 0.4) is 0 Å². The molecule has 0 N–H and O–H groups in total. The highest BCUT2D eigenvalue weighted by atomic mass is 32.2. The number of nitrogens with zero attached hydrogens (tertiary/aromatic N) is 2. The van der Waals surface area contributed by atoms with E-state index in [1.807, 2.05) is 66.3 Å². The van der Waals surface area contributed by atoms with Crippen molar-refractivity contribution in [1.29, 1.82) is 0 Å². The Morgan fingerprint density at radius 2 is 1.83 bits per heavy atom. The van der Waals surface area contributed by atoms with Gasteiger partial charge in [-0.05, 0) is 67.8 Å². The monoisotopic (exact) mass is 408 g/mol. The van der Waals surface area contributed by atoms with Crippen LogP contribution in [0, 0.1) is 0 Å². The lowest BCUT2D eigenvalue weighted by molar-refractivity contribution is -0.126. The van der Waals surface area contributed by atoms with Crippen LogP contribution in [0.5, 0.6) is 0 Å². The average Bonchev–Trinajstić information content (AvgIpc) is 3.19. The predicted molar refractivity (Wildman–Crippen MR) is 112 cm³/mol. The highest BCUT2D eigenvalue weighted by molar-refractivity contribution is 7.91. The second-order valence-corrected chi connectivity index (χ2v) is 8.89. The van der Waals surface area contributed by atoms with Gasteiger partial charge in [-0.1, -0.05) is 12.1 Å². The van der Waals surface area contributed by atoms with E-state index < -0.39 is 16.6 Å². The zero-order valence-electron chi connectivity index (χ0n) is 16.6. The summed E-state index contributed by atoms with van der Waals surface area (Å²) in [4.78, 5) is 14.0. The van der Waals surface area contributed by atoms with E-state index in [1.165, 1.54) is 0 Å². The van der Waals surface area contributed by atoms with Gasteiger partial charge in [-0.15, -0.1) is 0 Å². The van der Waals surface area contributed by atoms with Gasteiger partial charge in [-0.25, -0.2) is 0 Å². The Bertz CT molecular complexity index is 1010. The second-order valence-electron chi connectivity index (χ2n) is 7.41. The molecule has 0 amide bonds. The third-order valence-electron chi connectivity index (χ3n) is 5.81. The van der Waals surface area contributed by atoms with Crippen LogP contribution in [0.1, 0.15) is 25.3 Å². The van der Waals surface area contributed by atoms with Crippen molar-refractivity contribution in [2.45, 2.75) is 35.0 Å². The quantitative estimate of drug-likeness (QED) is 0.601. The number of carbonyl (C=O) groups excluding carboxylic acids is 1. The molecular formula is C23H24N2O3S. The number of rotatable bonds is 5. The van der Waals surface area contributed by atoms with E-state index in [0.717, 1.165) is 21.7 Å². The molecule has 150 valence electrons. The molecule has 2 heterocycles. The fraction of sp³-hybridized carbons (Fsp3) is 0.304. The van der Waals surface area contributed by atoms with E-state index in [4.69, 9.17) is 4.74 Å². The molecule has 0 radical (unpaired) electrons. The predicted octanol–water partition coefficient (Wildman–Crippen LogP) is 3.89. The Morgan fingerprint density at radius 3 is 2.45 bits per heavy atom. The lowest BCUT2D eigenvalue weighted by Crippen LogP contribution is -2.40. The summed E-state index contributed by atoms with van der Waals surface area (Å²) in [5.41, 5.74) is 2.43. The van der Waals surface area contributed by atoms with Gasteiger partial charge in [0.25, 0.3) is 0 Å². The topological polar surface area (TPSA) is 67.2 Å². The van der Waals surface area contributed by atoms with E-state index in [2.05, 4.69) is 5.10 Å². The normalized spacial score (nSPS) is 17.1.